The minimum atomic E-state index is -4.91. The first-order valence-corrected chi connectivity index (χ1v) is 9.76. The molecule has 2 heterocycles. The van der Waals surface area contributed by atoms with Gasteiger partial charge in [-0.05, 0) is 36.7 Å². The molecular formula is C21H18F3N3OS. The summed E-state index contributed by atoms with van der Waals surface area (Å²) in [5, 5.41) is 18.9. The second-order valence-corrected chi connectivity index (χ2v) is 8.13. The Kier molecular flexibility index (Phi) is 4.78. The van der Waals surface area contributed by atoms with Gasteiger partial charge in [0.15, 0.2) is 5.17 Å². The molecule has 29 heavy (non-hydrogen) atoms. The van der Waals surface area contributed by atoms with E-state index in [9.17, 15) is 18.3 Å². The van der Waals surface area contributed by atoms with E-state index in [-0.39, 0.29) is 10.9 Å². The lowest BCUT2D eigenvalue weighted by molar-refractivity contribution is -0.290. The number of aryl methyl sites for hydroxylation is 2. The molecule has 0 bridgehead atoms. The van der Waals surface area contributed by atoms with E-state index in [1.807, 2.05) is 38.1 Å². The van der Waals surface area contributed by atoms with E-state index in [4.69, 9.17) is 0 Å². The van der Waals surface area contributed by atoms with Crippen LogP contribution < -0.4 is 0 Å². The first kappa shape index (κ1) is 19.7. The van der Waals surface area contributed by atoms with Crippen molar-refractivity contribution in [3.8, 4) is 0 Å². The molecule has 150 valence electrons. The van der Waals surface area contributed by atoms with Gasteiger partial charge in [0.25, 0.3) is 0 Å². The molecule has 1 N–H and O–H groups in total. The van der Waals surface area contributed by atoms with Crippen molar-refractivity contribution in [1.82, 2.24) is 4.90 Å². The van der Waals surface area contributed by atoms with Crippen LogP contribution in [0.5, 0.6) is 0 Å². The summed E-state index contributed by atoms with van der Waals surface area (Å²) in [7, 11) is 0. The quantitative estimate of drug-likeness (QED) is 0.743. The van der Waals surface area contributed by atoms with E-state index in [1.165, 1.54) is 6.20 Å². The zero-order valence-corrected chi connectivity index (χ0v) is 16.6. The second kappa shape index (κ2) is 7.03. The number of hydrogen-bond acceptors (Lipinski definition) is 5. The fourth-order valence-corrected chi connectivity index (χ4v) is 4.12. The van der Waals surface area contributed by atoms with Crippen LogP contribution >= 0.6 is 11.8 Å². The smallest absolute Gasteiger partial charge is 0.363 e. The molecule has 8 heteroatoms. The molecule has 2 aliphatic heterocycles. The highest BCUT2D eigenvalue weighted by Gasteiger charge is 2.61. The third-order valence-electron chi connectivity index (χ3n) is 4.90. The lowest BCUT2D eigenvalue weighted by atomic mass is 9.98. The molecule has 0 aliphatic carbocycles. The summed E-state index contributed by atoms with van der Waals surface area (Å²) in [6, 6.07) is 14.4. The highest BCUT2D eigenvalue weighted by atomic mass is 32.2. The number of hydrogen-bond donors (Lipinski definition) is 1. The van der Waals surface area contributed by atoms with Gasteiger partial charge in [-0.2, -0.15) is 18.3 Å². The number of aliphatic hydroxyl groups is 1. The van der Waals surface area contributed by atoms with Crippen LogP contribution in [0.25, 0.3) is 4.91 Å². The van der Waals surface area contributed by atoms with Crippen LogP contribution in [-0.4, -0.2) is 32.8 Å². The number of alkyl halides is 3. The molecule has 0 radical (unpaired) electrons. The van der Waals surface area contributed by atoms with Gasteiger partial charge >= 0.3 is 6.18 Å². The van der Waals surface area contributed by atoms with Gasteiger partial charge in [0.1, 0.15) is 0 Å². The van der Waals surface area contributed by atoms with Gasteiger partial charge in [0.05, 0.1) is 5.71 Å². The maximum absolute atomic E-state index is 14.0. The van der Waals surface area contributed by atoms with Gasteiger partial charge in [-0.3, -0.25) is 4.90 Å². The number of thioether (sulfide) groups is 1. The van der Waals surface area contributed by atoms with Crippen LogP contribution in [0.15, 0.2) is 64.9 Å². The fourth-order valence-electron chi connectivity index (χ4n) is 3.13. The van der Waals surface area contributed by atoms with E-state index >= 15 is 0 Å². The Hall–Kier alpha value is -2.58. The molecule has 0 fully saturated rings. The number of halogens is 3. The Morgan fingerprint density at radius 1 is 0.931 bits per heavy atom. The average molecular weight is 417 g/mol. The van der Waals surface area contributed by atoms with Crippen LogP contribution in [0.1, 0.15) is 28.7 Å². The number of nitrogens with zero attached hydrogens (tertiary/aromatic N) is 3. The fraction of sp³-hybridized carbons (Fsp3) is 0.238. The Bertz CT molecular complexity index is 1030. The van der Waals surface area contributed by atoms with Crippen LogP contribution in [-0.2, 0) is 0 Å². The predicted octanol–water partition coefficient (Wildman–Crippen LogP) is 5.07. The molecule has 2 aromatic rings. The monoisotopic (exact) mass is 417 g/mol. The minimum Gasteiger partial charge on any atom is -0.363 e. The highest BCUT2D eigenvalue weighted by molar-refractivity contribution is 8.22. The Morgan fingerprint density at radius 3 is 2.03 bits per heavy atom. The maximum Gasteiger partial charge on any atom is 0.437 e. The average Bonchev–Trinajstić information content (AvgIpc) is 3.04. The Balaban J connectivity index is 1.77. The topological polar surface area (TPSA) is 48.2 Å². The van der Waals surface area contributed by atoms with Crippen molar-refractivity contribution in [1.29, 1.82) is 0 Å². The maximum atomic E-state index is 14.0. The van der Waals surface area contributed by atoms with Crippen molar-refractivity contribution < 1.29 is 18.3 Å². The lowest BCUT2D eigenvalue weighted by Gasteiger charge is -2.37. The van der Waals surface area contributed by atoms with Gasteiger partial charge in [0, 0.05) is 17.5 Å². The van der Waals surface area contributed by atoms with Gasteiger partial charge in [-0.25, -0.2) is 0 Å². The van der Waals surface area contributed by atoms with Crippen molar-refractivity contribution in [2.45, 2.75) is 32.2 Å². The van der Waals surface area contributed by atoms with Gasteiger partial charge in [-0.15, -0.1) is 5.10 Å². The van der Waals surface area contributed by atoms with E-state index in [0.29, 0.717) is 10.5 Å². The summed E-state index contributed by atoms with van der Waals surface area (Å²) in [6.07, 6.45) is -4.34. The van der Waals surface area contributed by atoms with E-state index in [2.05, 4.69) is 10.2 Å². The van der Waals surface area contributed by atoms with Crippen LogP contribution in [0.3, 0.4) is 0 Å². The predicted molar refractivity (Wildman–Crippen MR) is 109 cm³/mol. The molecule has 4 nitrogen and oxygen atoms in total. The summed E-state index contributed by atoms with van der Waals surface area (Å²) < 4.78 is 42.1. The van der Waals surface area contributed by atoms with Crippen molar-refractivity contribution in [3.63, 3.8) is 0 Å². The summed E-state index contributed by atoms with van der Waals surface area (Å²) >= 11 is 1.05. The molecule has 2 aliphatic rings. The molecule has 4 rings (SSSR count). The summed E-state index contributed by atoms with van der Waals surface area (Å²) in [5.74, 6) is 0. The minimum absolute atomic E-state index is 0.0116. The zero-order valence-electron chi connectivity index (χ0n) is 15.7. The molecule has 1 atom stereocenters. The van der Waals surface area contributed by atoms with Gasteiger partial charge < -0.3 is 5.11 Å². The van der Waals surface area contributed by atoms with E-state index in [0.717, 1.165) is 33.4 Å². The standard InChI is InChI=1S/C21H18F3N3OS/c1-13-3-7-15(8-4-13)17-11-20(28,21(22,23)24)27-12-18(29-19(27)26-25-17)16-9-5-14(2)6-10-16/h3-10,12,28H,11H2,1-2H3. The molecule has 0 saturated carbocycles. The Morgan fingerprint density at radius 2 is 1.48 bits per heavy atom. The van der Waals surface area contributed by atoms with Crippen LogP contribution in [0.2, 0.25) is 0 Å². The number of benzene rings is 2. The molecule has 1 unspecified atom stereocenters. The highest BCUT2D eigenvalue weighted by Crippen LogP contribution is 2.46. The first-order chi connectivity index (χ1) is 13.7. The second-order valence-electron chi connectivity index (χ2n) is 7.12. The van der Waals surface area contributed by atoms with Crippen molar-refractivity contribution in [2.75, 3.05) is 0 Å². The van der Waals surface area contributed by atoms with Crippen LogP contribution in [0, 0.1) is 13.8 Å². The summed E-state index contributed by atoms with van der Waals surface area (Å²) in [4.78, 5) is 1.36. The van der Waals surface area contributed by atoms with Gasteiger partial charge in [0.2, 0.25) is 5.72 Å². The summed E-state index contributed by atoms with van der Waals surface area (Å²) in [5.41, 5.74) is 0.203. The normalized spacial score (nSPS) is 21.9. The zero-order chi connectivity index (χ0) is 20.8. The first-order valence-electron chi connectivity index (χ1n) is 8.94. The molecule has 0 aromatic heterocycles. The molecule has 0 saturated heterocycles. The number of fused-ring (bicyclic) bond motifs is 1. The van der Waals surface area contributed by atoms with Gasteiger partial charge in [-0.1, -0.05) is 59.7 Å². The number of rotatable bonds is 2. The molecule has 0 amide bonds. The number of amidine groups is 1. The molecule has 2 aromatic carbocycles. The third-order valence-corrected chi connectivity index (χ3v) is 5.92. The molecule has 0 spiro atoms. The summed E-state index contributed by atoms with van der Waals surface area (Å²) in [6.45, 7) is 3.82. The van der Waals surface area contributed by atoms with E-state index < -0.39 is 18.3 Å². The van der Waals surface area contributed by atoms with Crippen molar-refractivity contribution in [3.05, 3.63) is 77.0 Å². The SMILES string of the molecule is Cc1ccc(C2=CN3C(=NN=C(c4ccc(C)cc4)CC3(O)C(F)(F)F)S2)cc1. The van der Waals surface area contributed by atoms with E-state index in [1.54, 1.807) is 24.3 Å². The van der Waals surface area contributed by atoms with Crippen molar-refractivity contribution in [2.24, 2.45) is 10.2 Å². The van der Waals surface area contributed by atoms with Crippen molar-refractivity contribution >= 4 is 27.5 Å². The molecular weight excluding hydrogens is 399 g/mol. The lowest BCUT2D eigenvalue weighted by Crippen LogP contribution is -2.58. The Labute approximate surface area is 170 Å². The van der Waals surface area contributed by atoms with Crippen LogP contribution in [0.4, 0.5) is 13.2 Å². The largest absolute Gasteiger partial charge is 0.437 e. The third kappa shape index (κ3) is 3.58.